The van der Waals surface area contributed by atoms with Crippen LogP contribution >= 0.6 is 34.7 Å². The Balaban J connectivity index is 1.37. The molecule has 15 heteroatoms. The Morgan fingerprint density at radius 2 is 1.73 bits per heavy atom. The molecule has 0 bridgehead atoms. The zero-order chi connectivity index (χ0) is 35.5. The van der Waals surface area contributed by atoms with Gasteiger partial charge in [0.1, 0.15) is 32.7 Å². The Bertz CT molecular complexity index is 1790. The molecule has 3 atom stereocenters. The van der Waals surface area contributed by atoms with Gasteiger partial charge in [0.25, 0.3) is 11.8 Å². The fourth-order valence-corrected chi connectivity index (χ4v) is 7.23. The minimum atomic E-state index is -1.20. The van der Waals surface area contributed by atoms with E-state index >= 15 is 0 Å². The van der Waals surface area contributed by atoms with E-state index in [0.29, 0.717) is 11.3 Å². The second-order valence-electron chi connectivity index (χ2n) is 11.9. The van der Waals surface area contributed by atoms with Crippen LogP contribution in [0.25, 0.3) is 0 Å². The molecular weight excluding hydrogens is 690 g/mol. The average Bonchev–Trinajstić information content (AvgIpc) is 3.41. The standard InChI is InChI=1S/C34H34ClN5O7S2/c1-6-19-17-48-30-24(37-28(41)23(22-27(35)49-33(36)38-22)39-47-18(2)31(43)46-34(3,4)5)29(42)40(30)25(19)32(44)45-26(20-13-9-7-10-14-20)21-15-11-8-12-16-21/h6-16,18,24,26,30H,1,17H2,2-5H3,(H2,36,38)(H,37,41)/t18?,24?,30-/m1/s1. The first-order valence-corrected chi connectivity index (χ1v) is 17.3. The van der Waals surface area contributed by atoms with Gasteiger partial charge in [0, 0.05) is 5.75 Å². The molecule has 0 aliphatic carbocycles. The van der Waals surface area contributed by atoms with Crippen LogP contribution in [-0.2, 0) is 33.5 Å². The number of nitrogens with zero attached hydrogens (tertiary/aromatic N) is 3. The maximum absolute atomic E-state index is 13.9. The van der Waals surface area contributed by atoms with Crippen molar-refractivity contribution in [2.75, 3.05) is 11.5 Å². The summed E-state index contributed by atoms with van der Waals surface area (Å²) in [6.45, 7) is 10.3. The predicted molar refractivity (Wildman–Crippen MR) is 188 cm³/mol. The van der Waals surface area contributed by atoms with Crippen LogP contribution in [0.2, 0.25) is 4.34 Å². The monoisotopic (exact) mass is 723 g/mol. The number of amides is 2. The van der Waals surface area contributed by atoms with Crippen molar-refractivity contribution in [1.82, 2.24) is 15.2 Å². The van der Waals surface area contributed by atoms with E-state index in [0.717, 1.165) is 22.5 Å². The van der Waals surface area contributed by atoms with Crippen molar-refractivity contribution in [3.63, 3.8) is 0 Å². The number of hydrogen-bond acceptors (Lipinski definition) is 12. The van der Waals surface area contributed by atoms with Crippen LogP contribution in [0.4, 0.5) is 5.13 Å². The van der Waals surface area contributed by atoms with E-state index in [1.165, 1.54) is 29.7 Å². The molecule has 1 fully saturated rings. The maximum atomic E-state index is 13.9. The second kappa shape index (κ2) is 14.8. The molecule has 256 valence electrons. The number of β-lactam (4-membered cyclic amide) rings is 1. The van der Waals surface area contributed by atoms with E-state index in [2.05, 4.69) is 22.0 Å². The molecule has 49 heavy (non-hydrogen) atoms. The molecule has 2 unspecified atom stereocenters. The van der Waals surface area contributed by atoms with Crippen molar-refractivity contribution in [3.8, 4) is 0 Å². The van der Waals surface area contributed by atoms with E-state index in [4.69, 9.17) is 31.6 Å². The fraction of sp³-hybridized carbons (Fsp3) is 0.294. The van der Waals surface area contributed by atoms with Crippen molar-refractivity contribution in [2.24, 2.45) is 5.16 Å². The molecule has 3 aromatic rings. The van der Waals surface area contributed by atoms with Gasteiger partial charge >= 0.3 is 11.9 Å². The summed E-state index contributed by atoms with van der Waals surface area (Å²) in [4.78, 5) is 64.4. The average molecular weight is 724 g/mol. The van der Waals surface area contributed by atoms with Crippen LogP contribution in [-0.4, -0.2) is 68.2 Å². The Morgan fingerprint density at radius 3 is 2.27 bits per heavy atom. The van der Waals surface area contributed by atoms with E-state index in [9.17, 15) is 19.2 Å². The lowest BCUT2D eigenvalue weighted by molar-refractivity contribution is -0.167. The van der Waals surface area contributed by atoms with Crippen LogP contribution in [0.3, 0.4) is 0 Å². The molecule has 2 aliphatic rings. The number of rotatable bonds is 11. The molecule has 0 radical (unpaired) electrons. The van der Waals surface area contributed by atoms with Crippen LogP contribution < -0.4 is 11.1 Å². The van der Waals surface area contributed by atoms with E-state index in [1.807, 2.05) is 60.7 Å². The number of fused-ring (bicyclic) bond motifs is 1. The minimum absolute atomic E-state index is 0.0449. The zero-order valence-corrected chi connectivity index (χ0v) is 29.4. The van der Waals surface area contributed by atoms with Crippen LogP contribution in [0.15, 0.2) is 89.7 Å². The number of halogens is 1. The van der Waals surface area contributed by atoms with Gasteiger partial charge in [0.2, 0.25) is 6.10 Å². The summed E-state index contributed by atoms with van der Waals surface area (Å²) in [5.41, 5.74) is 6.60. The highest BCUT2D eigenvalue weighted by Crippen LogP contribution is 2.42. The lowest BCUT2D eigenvalue weighted by atomic mass is 10.0. The van der Waals surface area contributed by atoms with Gasteiger partial charge in [-0.25, -0.2) is 14.6 Å². The van der Waals surface area contributed by atoms with Crippen molar-refractivity contribution in [3.05, 3.63) is 106 Å². The van der Waals surface area contributed by atoms with Crippen molar-refractivity contribution in [1.29, 1.82) is 0 Å². The molecule has 1 aromatic heterocycles. The molecule has 12 nitrogen and oxygen atoms in total. The summed E-state index contributed by atoms with van der Waals surface area (Å²) in [6.07, 6.45) is -0.426. The first-order valence-electron chi connectivity index (χ1n) is 15.1. The molecule has 5 rings (SSSR count). The van der Waals surface area contributed by atoms with Gasteiger partial charge < -0.3 is 25.4 Å². The highest BCUT2D eigenvalue weighted by molar-refractivity contribution is 8.00. The Hall–Kier alpha value is -4.66. The van der Waals surface area contributed by atoms with Gasteiger partial charge in [-0.3, -0.25) is 14.5 Å². The topological polar surface area (TPSA) is 163 Å². The van der Waals surface area contributed by atoms with Gasteiger partial charge in [-0.05, 0) is 44.4 Å². The smallest absolute Gasteiger partial charge is 0.356 e. The number of oxime groups is 1. The number of allylic oxidation sites excluding steroid dienone is 1. The number of aromatic nitrogens is 1. The molecule has 2 aromatic carbocycles. The minimum Gasteiger partial charge on any atom is -0.457 e. The van der Waals surface area contributed by atoms with E-state index in [1.54, 1.807) is 20.8 Å². The SMILES string of the molecule is C=CC1=C(C(=O)OC(c2ccccc2)c2ccccc2)N2C(=O)C(NC(=O)C(=NOC(C)C(=O)OC(C)(C)C)c3nc(N)sc3Cl)[C@H]2SC1. The molecular formula is C34H34ClN5O7S2. The number of carbonyl (C=O) groups is 4. The number of nitrogens with one attached hydrogen (secondary N) is 1. The van der Waals surface area contributed by atoms with Crippen molar-refractivity contribution < 1.29 is 33.5 Å². The number of thioether (sulfide) groups is 1. The van der Waals surface area contributed by atoms with Crippen LogP contribution in [0.1, 0.15) is 50.6 Å². The fourth-order valence-electron chi connectivity index (χ4n) is 4.96. The summed E-state index contributed by atoms with van der Waals surface area (Å²) in [6, 6.07) is 17.5. The van der Waals surface area contributed by atoms with Crippen LogP contribution in [0.5, 0.6) is 0 Å². The number of anilines is 1. The Kier molecular flexibility index (Phi) is 10.8. The van der Waals surface area contributed by atoms with Gasteiger partial charge in [-0.2, -0.15) is 0 Å². The number of carbonyl (C=O) groups excluding carboxylic acids is 4. The Labute approximate surface area is 296 Å². The van der Waals surface area contributed by atoms with Gasteiger partial charge in [-0.1, -0.05) is 101 Å². The summed E-state index contributed by atoms with van der Waals surface area (Å²) >= 11 is 8.55. The number of benzene rings is 2. The summed E-state index contributed by atoms with van der Waals surface area (Å²) in [5.74, 6) is -2.53. The summed E-state index contributed by atoms with van der Waals surface area (Å²) < 4.78 is 11.4. The highest BCUT2D eigenvalue weighted by atomic mass is 35.5. The zero-order valence-electron chi connectivity index (χ0n) is 27.0. The number of thiazole rings is 1. The van der Waals surface area contributed by atoms with Crippen molar-refractivity contribution in [2.45, 2.75) is 56.9 Å². The molecule has 3 heterocycles. The highest BCUT2D eigenvalue weighted by Gasteiger charge is 2.54. The van der Waals surface area contributed by atoms with Gasteiger partial charge in [0.15, 0.2) is 16.9 Å². The number of ether oxygens (including phenoxy) is 2. The summed E-state index contributed by atoms with van der Waals surface area (Å²) in [5, 5.41) is 5.96. The molecule has 3 N–H and O–H groups in total. The van der Waals surface area contributed by atoms with E-state index < -0.39 is 58.7 Å². The Morgan fingerprint density at radius 1 is 1.12 bits per heavy atom. The predicted octanol–water partition coefficient (Wildman–Crippen LogP) is 5.00. The molecule has 1 saturated heterocycles. The number of hydrogen-bond donors (Lipinski definition) is 2. The third-order valence-electron chi connectivity index (χ3n) is 7.24. The molecule has 0 saturated carbocycles. The van der Waals surface area contributed by atoms with Gasteiger partial charge in [0.05, 0.1) is 0 Å². The molecule has 0 spiro atoms. The number of esters is 2. The summed E-state index contributed by atoms with van der Waals surface area (Å²) in [7, 11) is 0. The van der Waals surface area contributed by atoms with Crippen molar-refractivity contribution >= 4 is 69.3 Å². The first kappa shape index (κ1) is 35.6. The number of nitrogen functional groups attached to an aromatic ring is 1. The number of nitrogens with two attached hydrogens (primary N) is 1. The third-order valence-corrected chi connectivity index (χ3v) is 9.62. The first-order chi connectivity index (χ1) is 23.3. The maximum Gasteiger partial charge on any atom is 0.356 e. The molecule has 2 amide bonds. The lowest BCUT2D eigenvalue weighted by Crippen LogP contribution is -2.71. The normalized spacial score (nSPS) is 18.3. The largest absolute Gasteiger partial charge is 0.457 e. The second-order valence-corrected chi connectivity index (χ2v) is 14.7. The third kappa shape index (κ3) is 7.98. The molecule has 2 aliphatic heterocycles. The van der Waals surface area contributed by atoms with Gasteiger partial charge in [-0.15, -0.1) is 11.8 Å². The lowest BCUT2D eigenvalue weighted by Gasteiger charge is -2.49. The van der Waals surface area contributed by atoms with E-state index in [-0.39, 0.29) is 20.9 Å². The van der Waals surface area contributed by atoms with Crippen LogP contribution in [0, 0.1) is 0 Å². The quantitative estimate of drug-likeness (QED) is 0.119.